The van der Waals surface area contributed by atoms with Gasteiger partial charge in [0.1, 0.15) is 0 Å². The molecule has 2 aromatic rings. The van der Waals surface area contributed by atoms with Crippen molar-refractivity contribution in [2.24, 2.45) is 18.9 Å². The fourth-order valence-corrected chi connectivity index (χ4v) is 3.72. The van der Waals surface area contributed by atoms with E-state index >= 15 is 0 Å². The summed E-state index contributed by atoms with van der Waals surface area (Å²) < 4.78 is 1.60. The molecule has 0 spiro atoms. The number of benzene rings is 1. The lowest BCUT2D eigenvalue weighted by Crippen LogP contribution is -2.41. The molecule has 8 nitrogen and oxygen atoms in total. The maximum atomic E-state index is 12.9. The van der Waals surface area contributed by atoms with E-state index < -0.39 is 0 Å². The topological polar surface area (TPSA) is 96.3 Å². The number of carbonyl (C=O) groups excluding carboxylic acids is 3. The van der Waals surface area contributed by atoms with Gasteiger partial charge in [-0.2, -0.15) is 5.10 Å². The van der Waals surface area contributed by atoms with Crippen LogP contribution < -0.4 is 10.6 Å². The molecule has 2 N–H and O–H groups in total. The summed E-state index contributed by atoms with van der Waals surface area (Å²) in [5, 5.41) is 9.87. The smallest absolute Gasteiger partial charge is 0.254 e. The van der Waals surface area contributed by atoms with Crippen LogP contribution in [0.5, 0.6) is 0 Å². The predicted octanol–water partition coefficient (Wildman–Crippen LogP) is 2.05. The SMILES string of the molecule is Cn1cc(C(=O)NCC2CCN(C(=O)c3cccc(NC(=O)C4CC4)c3)CC2)cn1. The van der Waals surface area contributed by atoms with Crippen LogP contribution in [0.1, 0.15) is 46.4 Å². The van der Waals surface area contributed by atoms with Crippen molar-refractivity contribution in [3.05, 3.63) is 47.8 Å². The molecule has 2 fully saturated rings. The molecule has 4 rings (SSSR count). The quantitative estimate of drug-likeness (QED) is 0.763. The Labute approximate surface area is 175 Å². The Morgan fingerprint density at radius 3 is 2.53 bits per heavy atom. The van der Waals surface area contributed by atoms with Crippen LogP contribution in [0.4, 0.5) is 5.69 Å². The summed E-state index contributed by atoms with van der Waals surface area (Å²) in [6.45, 7) is 1.91. The van der Waals surface area contributed by atoms with Gasteiger partial charge in [0.05, 0.1) is 11.8 Å². The number of hydrogen-bond acceptors (Lipinski definition) is 4. The van der Waals surface area contributed by atoms with Crippen molar-refractivity contribution in [2.75, 3.05) is 25.0 Å². The van der Waals surface area contributed by atoms with Crippen molar-refractivity contribution < 1.29 is 14.4 Å². The molecule has 0 unspecified atom stereocenters. The molecule has 1 aromatic heterocycles. The Hall–Kier alpha value is -3.16. The van der Waals surface area contributed by atoms with Gasteiger partial charge in [0.15, 0.2) is 0 Å². The maximum Gasteiger partial charge on any atom is 0.254 e. The number of aromatic nitrogens is 2. The van der Waals surface area contributed by atoms with Gasteiger partial charge in [-0.3, -0.25) is 19.1 Å². The molecule has 0 atom stereocenters. The summed E-state index contributed by atoms with van der Waals surface area (Å²) in [7, 11) is 1.78. The molecule has 158 valence electrons. The molecule has 8 heteroatoms. The first-order chi connectivity index (χ1) is 14.5. The molecule has 2 aliphatic rings. The van der Waals surface area contributed by atoms with E-state index in [2.05, 4.69) is 15.7 Å². The maximum absolute atomic E-state index is 12.9. The molecule has 1 aliphatic heterocycles. The van der Waals surface area contributed by atoms with Crippen LogP contribution in [0.25, 0.3) is 0 Å². The number of hydrogen-bond donors (Lipinski definition) is 2. The lowest BCUT2D eigenvalue weighted by Gasteiger charge is -2.32. The molecule has 0 radical (unpaired) electrons. The molecule has 3 amide bonds. The fraction of sp³-hybridized carbons (Fsp3) is 0.455. The van der Waals surface area contributed by atoms with Crippen molar-refractivity contribution in [2.45, 2.75) is 25.7 Å². The second-order valence-electron chi connectivity index (χ2n) is 8.19. The van der Waals surface area contributed by atoms with Gasteiger partial charge >= 0.3 is 0 Å². The van der Waals surface area contributed by atoms with Gasteiger partial charge in [-0.25, -0.2) is 0 Å². The van der Waals surface area contributed by atoms with E-state index in [1.807, 2.05) is 11.0 Å². The summed E-state index contributed by atoms with van der Waals surface area (Å²) in [5.74, 6) is 0.372. The van der Waals surface area contributed by atoms with Crippen LogP contribution in [0.2, 0.25) is 0 Å². The number of amides is 3. The molecule has 1 saturated carbocycles. The van der Waals surface area contributed by atoms with Crippen molar-refractivity contribution >= 4 is 23.4 Å². The van der Waals surface area contributed by atoms with Crippen molar-refractivity contribution in [3.63, 3.8) is 0 Å². The standard InChI is InChI=1S/C22H27N5O3/c1-26-14-18(13-24-26)20(28)23-12-15-7-9-27(10-8-15)22(30)17-3-2-4-19(11-17)25-21(29)16-5-6-16/h2-4,11,13-16H,5-10,12H2,1H3,(H,23,28)(H,25,29). The first kappa shape index (κ1) is 20.1. The molecule has 2 heterocycles. The third-order valence-electron chi connectivity index (χ3n) is 5.75. The van der Waals surface area contributed by atoms with E-state index in [1.54, 1.807) is 42.3 Å². The lowest BCUT2D eigenvalue weighted by atomic mass is 9.96. The summed E-state index contributed by atoms with van der Waals surface area (Å²) in [4.78, 5) is 38.8. The molecule has 1 saturated heterocycles. The monoisotopic (exact) mass is 409 g/mol. The minimum atomic E-state index is -0.119. The number of carbonyl (C=O) groups is 3. The summed E-state index contributed by atoms with van der Waals surface area (Å²) >= 11 is 0. The highest BCUT2D eigenvalue weighted by Crippen LogP contribution is 2.30. The minimum Gasteiger partial charge on any atom is -0.352 e. The Bertz CT molecular complexity index is 942. The largest absolute Gasteiger partial charge is 0.352 e. The van der Waals surface area contributed by atoms with Crippen LogP contribution in [0.15, 0.2) is 36.7 Å². The van der Waals surface area contributed by atoms with E-state index in [0.29, 0.717) is 42.4 Å². The highest BCUT2D eigenvalue weighted by atomic mass is 16.2. The van der Waals surface area contributed by atoms with Gasteiger partial charge in [-0.15, -0.1) is 0 Å². The third kappa shape index (κ3) is 4.87. The van der Waals surface area contributed by atoms with Crippen molar-refractivity contribution in [1.82, 2.24) is 20.0 Å². The normalized spacial score (nSPS) is 16.9. The lowest BCUT2D eigenvalue weighted by molar-refractivity contribution is -0.117. The average molecular weight is 409 g/mol. The number of likely N-dealkylation sites (tertiary alicyclic amines) is 1. The fourth-order valence-electron chi connectivity index (χ4n) is 3.72. The summed E-state index contributed by atoms with van der Waals surface area (Å²) in [6, 6.07) is 7.16. The van der Waals surface area contributed by atoms with Gasteiger partial charge in [0.2, 0.25) is 5.91 Å². The molecule has 30 heavy (non-hydrogen) atoms. The van der Waals surface area contributed by atoms with E-state index in [-0.39, 0.29) is 23.6 Å². The van der Waals surface area contributed by atoms with Gasteiger partial charge < -0.3 is 15.5 Å². The second kappa shape index (κ2) is 8.69. The number of piperidine rings is 1. The highest BCUT2D eigenvalue weighted by molar-refractivity contribution is 5.98. The molecule has 1 aromatic carbocycles. The number of rotatable bonds is 6. The van der Waals surface area contributed by atoms with Crippen LogP contribution in [0, 0.1) is 11.8 Å². The van der Waals surface area contributed by atoms with E-state index in [4.69, 9.17) is 0 Å². The van der Waals surface area contributed by atoms with Gasteiger partial charge in [0.25, 0.3) is 11.8 Å². The Kier molecular flexibility index (Phi) is 5.83. The third-order valence-corrected chi connectivity index (χ3v) is 5.75. The molecular weight excluding hydrogens is 382 g/mol. The first-order valence-corrected chi connectivity index (χ1v) is 10.5. The Morgan fingerprint density at radius 1 is 1.10 bits per heavy atom. The van der Waals surface area contributed by atoms with Crippen LogP contribution >= 0.6 is 0 Å². The second-order valence-corrected chi connectivity index (χ2v) is 8.19. The summed E-state index contributed by atoms with van der Waals surface area (Å²) in [5.41, 5.74) is 1.82. The highest BCUT2D eigenvalue weighted by Gasteiger charge is 2.30. The number of anilines is 1. The summed E-state index contributed by atoms with van der Waals surface area (Å²) in [6.07, 6.45) is 6.83. The van der Waals surface area contributed by atoms with E-state index in [9.17, 15) is 14.4 Å². The zero-order valence-corrected chi connectivity index (χ0v) is 17.1. The molecular formula is C22H27N5O3. The number of nitrogens with zero attached hydrogens (tertiary/aromatic N) is 3. The average Bonchev–Trinajstić information content (AvgIpc) is 3.53. The minimum absolute atomic E-state index is 0.0182. The van der Waals surface area contributed by atoms with Crippen molar-refractivity contribution in [3.8, 4) is 0 Å². The van der Waals surface area contributed by atoms with Gasteiger partial charge in [0, 0.05) is 50.0 Å². The van der Waals surface area contributed by atoms with Crippen LogP contribution in [0.3, 0.4) is 0 Å². The zero-order chi connectivity index (χ0) is 21.1. The Balaban J connectivity index is 1.26. The van der Waals surface area contributed by atoms with Gasteiger partial charge in [-0.1, -0.05) is 6.07 Å². The van der Waals surface area contributed by atoms with Crippen molar-refractivity contribution in [1.29, 1.82) is 0 Å². The number of aryl methyl sites for hydroxylation is 1. The van der Waals surface area contributed by atoms with Crippen LogP contribution in [-0.2, 0) is 11.8 Å². The predicted molar refractivity (Wildman–Crippen MR) is 112 cm³/mol. The molecule has 0 bridgehead atoms. The van der Waals surface area contributed by atoms with E-state index in [1.165, 1.54) is 0 Å². The zero-order valence-electron chi connectivity index (χ0n) is 17.1. The van der Waals surface area contributed by atoms with Crippen LogP contribution in [-0.4, -0.2) is 52.0 Å². The molecule has 1 aliphatic carbocycles. The first-order valence-electron chi connectivity index (χ1n) is 10.5. The van der Waals surface area contributed by atoms with E-state index in [0.717, 1.165) is 25.7 Å². The van der Waals surface area contributed by atoms with Gasteiger partial charge in [-0.05, 0) is 49.8 Å². The number of nitrogens with one attached hydrogen (secondary N) is 2. The Morgan fingerprint density at radius 2 is 1.87 bits per heavy atom.